The lowest BCUT2D eigenvalue weighted by Crippen LogP contribution is -2.54. The predicted molar refractivity (Wildman–Crippen MR) is 67.1 cm³/mol. The van der Waals surface area contributed by atoms with Crippen molar-refractivity contribution in [3.05, 3.63) is 23.8 Å². The minimum Gasteiger partial charge on any atom is -0.480 e. The molecular weight excluding hydrogens is 230 g/mol. The summed E-state index contributed by atoms with van der Waals surface area (Å²) in [5.41, 5.74) is 0.119. The Morgan fingerprint density at radius 1 is 1.56 bits per heavy atom. The third-order valence-electron chi connectivity index (χ3n) is 3.69. The van der Waals surface area contributed by atoms with E-state index in [4.69, 9.17) is 0 Å². The van der Waals surface area contributed by atoms with Crippen molar-refractivity contribution < 1.29 is 9.90 Å². The van der Waals surface area contributed by atoms with E-state index in [2.05, 4.69) is 9.97 Å². The van der Waals surface area contributed by atoms with Crippen LogP contribution in [0.15, 0.2) is 12.3 Å². The molecule has 1 aliphatic heterocycles. The average molecular weight is 249 g/mol. The summed E-state index contributed by atoms with van der Waals surface area (Å²) < 4.78 is 0. The first-order valence-corrected chi connectivity index (χ1v) is 6.29. The van der Waals surface area contributed by atoms with Crippen molar-refractivity contribution in [3.8, 4) is 0 Å². The molecule has 5 heteroatoms. The van der Waals surface area contributed by atoms with E-state index in [-0.39, 0.29) is 0 Å². The van der Waals surface area contributed by atoms with E-state index in [1.165, 1.54) is 0 Å². The van der Waals surface area contributed by atoms with Crippen LogP contribution in [-0.2, 0) is 11.3 Å². The van der Waals surface area contributed by atoms with Crippen molar-refractivity contribution in [2.45, 2.75) is 45.2 Å². The highest BCUT2D eigenvalue weighted by molar-refractivity contribution is 5.78. The third-order valence-corrected chi connectivity index (χ3v) is 3.69. The van der Waals surface area contributed by atoms with Crippen LogP contribution in [0.2, 0.25) is 0 Å². The molecule has 0 spiro atoms. The SMILES string of the molecule is Cc1nccc(CN2CCCCC2(C)C(=O)O)n1. The van der Waals surface area contributed by atoms with Crippen molar-refractivity contribution in [1.82, 2.24) is 14.9 Å². The number of carboxylic acid groups (broad SMARTS) is 1. The number of hydrogen-bond acceptors (Lipinski definition) is 4. The maximum Gasteiger partial charge on any atom is 0.323 e. The summed E-state index contributed by atoms with van der Waals surface area (Å²) in [6, 6.07) is 1.85. The van der Waals surface area contributed by atoms with Crippen molar-refractivity contribution in [3.63, 3.8) is 0 Å². The van der Waals surface area contributed by atoms with Gasteiger partial charge in [-0.25, -0.2) is 9.97 Å². The van der Waals surface area contributed by atoms with Crippen LogP contribution in [0, 0.1) is 6.92 Å². The number of aliphatic carboxylic acids is 1. The topological polar surface area (TPSA) is 66.3 Å². The van der Waals surface area contributed by atoms with E-state index in [0.717, 1.165) is 30.9 Å². The molecule has 0 bridgehead atoms. The predicted octanol–water partition coefficient (Wildman–Crippen LogP) is 1.61. The van der Waals surface area contributed by atoms with Gasteiger partial charge in [0, 0.05) is 12.7 Å². The van der Waals surface area contributed by atoms with Crippen LogP contribution in [0.3, 0.4) is 0 Å². The lowest BCUT2D eigenvalue weighted by atomic mass is 9.88. The average Bonchev–Trinajstić information content (AvgIpc) is 2.32. The van der Waals surface area contributed by atoms with Gasteiger partial charge in [-0.2, -0.15) is 0 Å². The Balaban J connectivity index is 2.18. The molecule has 1 N–H and O–H groups in total. The summed E-state index contributed by atoms with van der Waals surface area (Å²) in [5, 5.41) is 9.43. The van der Waals surface area contributed by atoms with Gasteiger partial charge in [0.25, 0.3) is 0 Å². The van der Waals surface area contributed by atoms with Crippen LogP contribution in [0.4, 0.5) is 0 Å². The van der Waals surface area contributed by atoms with E-state index < -0.39 is 11.5 Å². The number of carboxylic acids is 1. The van der Waals surface area contributed by atoms with E-state index in [0.29, 0.717) is 13.0 Å². The number of nitrogens with zero attached hydrogens (tertiary/aromatic N) is 3. The van der Waals surface area contributed by atoms with E-state index >= 15 is 0 Å². The van der Waals surface area contributed by atoms with Gasteiger partial charge in [0.2, 0.25) is 0 Å². The molecule has 1 saturated heterocycles. The molecule has 1 unspecified atom stereocenters. The molecule has 0 radical (unpaired) electrons. The van der Waals surface area contributed by atoms with E-state index in [1.54, 1.807) is 6.20 Å². The van der Waals surface area contributed by atoms with E-state index in [9.17, 15) is 9.90 Å². The summed E-state index contributed by atoms with van der Waals surface area (Å²) in [5.74, 6) is -0.0190. The molecule has 2 rings (SSSR count). The Bertz CT molecular complexity index is 450. The molecule has 1 aromatic heterocycles. The lowest BCUT2D eigenvalue weighted by Gasteiger charge is -2.41. The molecule has 0 aromatic carbocycles. The highest BCUT2D eigenvalue weighted by Gasteiger charge is 2.41. The van der Waals surface area contributed by atoms with Crippen molar-refractivity contribution >= 4 is 5.97 Å². The number of rotatable bonds is 3. The number of aromatic nitrogens is 2. The van der Waals surface area contributed by atoms with Gasteiger partial charge in [0.15, 0.2) is 0 Å². The Kier molecular flexibility index (Phi) is 3.61. The molecule has 98 valence electrons. The molecular formula is C13H19N3O2. The molecule has 2 heterocycles. The Hall–Kier alpha value is -1.49. The van der Waals surface area contributed by atoms with Crippen LogP contribution < -0.4 is 0 Å². The van der Waals surface area contributed by atoms with Crippen LogP contribution in [-0.4, -0.2) is 38.0 Å². The quantitative estimate of drug-likeness (QED) is 0.881. The highest BCUT2D eigenvalue weighted by atomic mass is 16.4. The Labute approximate surface area is 107 Å². The summed E-state index contributed by atoms with van der Waals surface area (Å²) in [6.07, 6.45) is 4.45. The molecule has 18 heavy (non-hydrogen) atoms. The second-order valence-corrected chi connectivity index (χ2v) is 5.05. The van der Waals surface area contributed by atoms with Gasteiger partial charge < -0.3 is 5.11 Å². The van der Waals surface area contributed by atoms with Gasteiger partial charge in [-0.3, -0.25) is 9.69 Å². The van der Waals surface area contributed by atoms with Crippen molar-refractivity contribution in [2.24, 2.45) is 0 Å². The van der Waals surface area contributed by atoms with Crippen molar-refractivity contribution in [2.75, 3.05) is 6.54 Å². The van der Waals surface area contributed by atoms with Gasteiger partial charge in [-0.05, 0) is 45.7 Å². The number of carbonyl (C=O) groups is 1. The summed E-state index contributed by atoms with van der Waals surface area (Å²) in [6.45, 7) is 5.04. The molecule has 1 aromatic rings. The van der Waals surface area contributed by atoms with Crippen molar-refractivity contribution in [1.29, 1.82) is 0 Å². The second kappa shape index (κ2) is 5.02. The number of likely N-dealkylation sites (tertiary alicyclic amines) is 1. The standard InChI is InChI=1S/C13H19N3O2/c1-10-14-7-5-11(15-10)9-16-8-4-3-6-13(16,2)12(17)18/h5,7H,3-4,6,8-9H2,1-2H3,(H,17,18). The highest BCUT2D eigenvalue weighted by Crippen LogP contribution is 2.29. The number of piperidine rings is 1. The smallest absolute Gasteiger partial charge is 0.323 e. The molecule has 1 atom stereocenters. The summed E-state index contributed by atoms with van der Waals surface area (Å²) in [4.78, 5) is 21.9. The molecule has 0 amide bonds. The fourth-order valence-corrected chi connectivity index (χ4v) is 2.46. The maximum absolute atomic E-state index is 11.5. The van der Waals surface area contributed by atoms with Gasteiger partial charge in [0.05, 0.1) is 5.69 Å². The fourth-order valence-electron chi connectivity index (χ4n) is 2.46. The fraction of sp³-hybridized carbons (Fsp3) is 0.615. The normalized spacial score (nSPS) is 25.0. The van der Waals surface area contributed by atoms with Gasteiger partial charge in [-0.1, -0.05) is 0 Å². The van der Waals surface area contributed by atoms with Crippen LogP contribution in [0.1, 0.15) is 37.7 Å². The first kappa shape index (κ1) is 13.0. The van der Waals surface area contributed by atoms with Crippen LogP contribution in [0.5, 0.6) is 0 Å². The zero-order valence-electron chi connectivity index (χ0n) is 10.9. The van der Waals surface area contributed by atoms with Gasteiger partial charge in [-0.15, -0.1) is 0 Å². The minimum absolute atomic E-state index is 0.576. The first-order chi connectivity index (χ1) is 8.52. The molecule has 0 saturated carbocycles. The Morgan fingerprint density at radius 3 is 3.00 bits per heavy atom. The summed E-state index contributed by atoms with van der Waals surface area (Å²) in [7, 11) is 0. The molecule has 5 nitrogen and oxygen atoms in total. The summed E-state index contributed by atoms with van der Waals surface area (Å²) >= 11 is 0. The van der Waals surface area contributed by atoms with E-state index in [1.807, 2.05) is 24.8 Å². The molecule has 1 fully saturated rings. The van der Waals surface area contributed by atoms with Gasteiger partial charge >= 0.3 is 5.97 Å². The minimum atomic E-state index is -0.767. The zero-order valence-corrected chi connectivity index (χ0v) is 10.9. The van der Waals surface area contributed by atoms with Gasteiger partial charge in [0.1, 0.15) is 11.4 Å². The third kappa shape index (κ3) is 2.51. The van der Waals surface area contributed by atoms with Crippen LogP contribution in [0.25, 0.3) is 0 Å². The second-order valence-electron chi connectivity index (χ2n) is 5.05. The lowest BCUT2D eigenvalue weighted by molar-refractivity contribution is -0.153. The largest absolute Gasteiger partial charge is 0.480 e. The maximum atomic E-state index is 11.5. The molecule has 1 aliphatic rings. The zero-order chi connectivity index (χ0) is 13.2. The first-order valence-electron chi connectivity index (χ1n) is 6.29. The van der Waals surface area contributed by atoms with Crippen LogP contribution >= 0.6 is 0 Å². The monoisotopic (exact) mass is 249 g/mol. The molecule has 0 aliphatic carbocycles. The number of aryl methyl sites for hydroxylation is 1. The number of hydrogen-bond donors (Lipinski definition) is 1. The Morgan fingerprint density at radius 2 is 2.33 bits per heavy atom.